The molecule has 1 aliphatic rings. The highest BCUT2D eigenvalue weighted by Crippen LogP contribution is 2.28. The van der Waals surface area contributed by atoms with Gasteiger partial charge in [0.15, 0.2) is 0 Å². The van der Waals surface area contributed by atoms with Gasteiger partial charge in [0.05, 0.1) is 22.8 Å². The molecule has 1 amide bonds. The summed E-state index contributed by atoms with van der Waals surface area (Å²) < 4.78 is 0. The lowest BCUT2D eigenvalue weighted by Gasteiger charge is -2.36. The zero-order chi connectivity index (χ0) is 24.9. The van der Waals surface area contributed by atoms with Crippen LogP contribution in [-0.2, 0) is 11.3 Å². The number of likely N-dealkylation sites (N-methyl/N-ethyl adjacent to an activating group) is 1. The summed E-state index contributed by atoms with van der Waals surface area (Å²) in [7, 11) is 1.73. The number of hydrogen-bond acceptors (Lipinski definition) is 7. The fraction of sp³-hybridized carbons (Fsp3) is 0.280. The molecular formula is C25H27ClN6O3. The van der Waals surface area contributed by atoms with E-state index in [4.69, 9.17) is 22.4 Å². The molecule has 1 saturated heterocycles. The van der Waals surface area contributed by atoms with E-state index in [-0.39, 0.29) is 18.0 Å². The van der Waals surface area contributed by atoms with Crippen molar-refractivity contribution in [2.24, 2.45) is 5.73 Å². The average molecular weight is 495 g/mol. The van der Waals surface area contributed by atoms with Gasteiger partial charge in [-0.1, -0.05) is 29.8 Å². The number of carbonyl (C=O) groups is 2. The van der Waals surface area contributed by atoms with Crippen LogP contribution >= 0.6 is 11.6 Å². The van der Waals surface area contributed by atoms with Crippen molar-refractivity contribution in [1.29, 1.82) is 0 Å². The molecule has 0 aliphatic carbocycles. The van der Waals surface area contributed by atoms with Gasteiger partial charge < -0.3 is 25.5 Å². The maximum Gasteiger partial charge on any atom is 0.335 e. The number of carbonyl (C=O) groups excluding carboxylic acids is 1. The molecule has 0 saturated carbocycles. The number of halogens is 1. The van der Waals surface area contributed by atoms with Gasteiger partial charge >= 0.3 is 5.97 Å². The molecule has 0 bridgehead atoms. The second kappa shape index (κ2) is 10.7. The Morgan fingerprint density at radius 2 is 1.71 bits per heavy atom. The minimum atomic E-state index is -0.996. The van der Waals surface area contributed by atoms with Crippen molar-refractivity contribution in [3.63, 3.8) is 0 Å². The Kier molecular flexibility index (Phi) is 7.48. The van der Waals surface area contributed by atoms with E-state index in [0.717, 1.165) is 22.4 Å². The minimum Gasteiger partial charge on any atom is -0.478 e. The van der Waals surface area contributed by atoms with E-state index in [1.807, 2.05) is 36.7 Å². The molecule has 0 spiro atoms. The number of anilines is 2. The van der Waals surface area contributed by atoms with Crippen molar-refractivity contribution in [2.45, 2.75) is 6.54 Å². The molecule has 0 radical (unpaired) electrons. The number of aromatic carboxylic acids is 1. The first kappa shape index (κ1) is 24.4. The largest absolute Gasteiger partial charge is 0.478 e. The predicted octanol–water partition coefficient (Wildman–Crippen LogP) is 2.74. The first-order valence-corrected chi connectivity index (χ1v) is 11.6. The first-order valence-electron chi connectivity index (χ1n) is 11.2. The Labute approximate surface area is 208 Å². The Balaban J connectivity index is 1.39. The third-order valence-corrected chi connectivity index (χ3v) is 6.32. The number of nitrogens with zero attached hydrogens (tertiary/aromatic N) is 5. The van der Waals surface area contributed by atoms with Crippen molar-refractivity contribution >= 4 is 35.1 Å². The molecule has 9 nitrogen and oxygen atoms in total. The van der Waals surface area contributed by atoms with Crippen LogP contribution in [-0.4, -0.2) is 71.6 Å². The van der Waals surface area contributed by atoms with Crippen LogP contribution < -0.4 is 15.5 Å². The molecule has 182 valence electrons. The third kappa shape index (κ3) is 5.70. The molecular weight excluding hydrogens is 468 g/mol. The summed E-state index contributed by atoms with van der Waals surface area (Å²) in [5.41, 5.74) is 9.32. The lowest BCUT2D eigenvalue weighted by Crippen LogP contribution is -2.47. The quantitative estimate of drug-likeness (QED) is 0.515. The van der Waals surface area contributed by atoms with Crippen LogP contribution in [0.3, 0.4) is 0 Å². The van der Waals surface area contributed by atoms with Gasteiger partial charge in [-0.2, -0.15) is 0 Å². The molecule has 35 heavy (non-hydrogen) atoms. The molecule has 0 unspecified atom stereocenters. The average Bonchev–Trinajstić information content (AvgIpc) is 2.88. The number of benzene rings is 2. The summed E-state index contributed by atoms with van der Waals surface area (Å²) in [5.74, 6) is -0.447. The summed E-state index contributed by atoms with van der Waals surface area (Å²) in [4.78, 5) is 37.9. The lowest BCUT2D eigenvalue weighted by atomic mass is 10.1. The van der Waals surface area contributed by atoms with E-state index < -0.39 is 5.97 Å². The maximum absolute atomic E-state index is 11.8. The highest BCUT2D eigenvalue weighted by atomic mass is 35.5. The van der Waals surface area contributed by atoms with Crippen molar-refractivity contribution in [3.8, 4) is 11.1 Å². The van der Waals surface area contributed by atoms with Crippen molar-refractivity contribution in [3.05, 3.63) is 71.0 Å². The van der Waals surface area contributed by atoms with E-state index in [1.54, 1.807) is 24.1 Å². The fourth-order valence-corrected chi connectivity index (χ4v) is 4.34. The second-order valence-corrected chi connectivity index (χ2v) is 8.78. The van der Waals surface area contributed by atoms with E-state index in [2.05, 4.69) is 19.8 Å². The molecule has 3 N–H and O–H groups in total. The zero-order valence-electron chi connectivity index (χ0n) is 19.4. The van der Waals surface area contributed by atoms with E-state index in [0.29, 0.717) is 43.7 Å². The number of carboxylic acids is 1. The van der Waals surface area contributed by atoms with Gasteiger partial charge in [-0.15, -0.1) is 0 Å². The number of aromatic nitrogens is 2. The van der Waals surface area contributed by atoms with Crippen molar-refractivity contribution < 1.29 is 14.7 Å². The normalized spacial score (nSPS) is 13.6. The van der Waals surface area contributed by atoms with Gasteiger partial charge in [0.1, 0.15) is 0 Å². The van der Waals surface area contributed by atoms with Crippen LogP contribution in [0.25, 0.3) is 11.1 Å². The number of rotatable bonds is 7. The molecule has 4 rings (SSSR count). The Morgan fingerprint density at radius 3 is 2.34 bits per heavy atom. The van der Waals surface area contributed by atoms with Gasteiger partial charge in [0.2, 0.25) is 11.9 Å². The van der Waals surface area contributed by atoms with Crippen molar-refractivity contribution in [1.82, 2.24) is 14.9 Å². The molecule has 1 aromatic heterocycles. The summed E-state index contributed by atoms with van der Waals surface area (Å²) in [5, 5.41) is 9.56. The third-order valence-electron chi connectivity index (χ3n) is 6.02. The minimum absolute atomic E-state index is 0.0101. The maximum atomic E-state index is 11.8. The summed E-state index contributed by atoms with van der Waals surface area (Å²) in [6.45, 7) is 3.34. The zero-order valence-corrected chi connectivity index (χ0v) is 20.1. The van der Waals surface area contributed by atoms with Gasteiger partial charge in [-0.3, -0.25) is 4.79 Å². The number of hydrogen-bond donors (Lipinski definition) is 2. The van der Waals surface area contributed by atoms with Gasteiger partial charge in [0, 0.05) is 57.7 Å². The van der Waals surface area contributed by atoms with Crippen LogP contribution in [0, 0.1) is 0 Å². The fourth-order valence-electron chi connectivity index (χ4n) is 4.04. The Bertz CT molecular complexity index is 1210. The molecule has 2 aromatic carbocycles. The van der Waals surface area contributed by atoms with Gasteiger partial charge in [-0.05, 0) is 35.4 Å². The SMILES string of the molecule is CN(Cc1cccc(-c2cnc(N3CCN(c4ccc(C(=O)O)cc4Cl)CC3)nc2)c1)C(=O)CN. The van der Waals surface area contributed by atoms with Crippen LogP contribution in [0.2, 0.25) is 5.02 Å². The number of nitrogens with two attached hydrogens (primary N) is 1. The highest BCUT2D eigenvalue weighted by molar-refractivity contribution is 6.33. The summed E-state index contributed by atoms with van der Waals surface area (Å²) in [6.07, 6.45) is 3.62. The van der Waals surface area contributed by atoms with E-state index >= 15 is 0 Å². The van der Waals surface area contributed by atoms with Crippen molar-refractivity contribution in [2.75, 3.05) is 49.6 Å². The first-order chi connectivity index (χ1) is 16.9. The number of amides is 1. The lowest BCUT2D eigenvalue weighted by molar-refractivity contribution is -0.128. The number of piperazine rings is 1. The molecule has 0 atom stereocenters. The van der Waals surface area contributed by atoms with Gasteiger partial charge in [-0.25, -0.2) is 14.8 Å². The number of carboxylic acid groups (broad SMARTS) is 1. The molecule has 3 aromatic rings. The highest BCUT2D eigenvalue weighted by Gasteiger charge is 2.21. The molecule has 1 fully saturated rings. The second-order valence-electron chi connectivity index (χ2n) is 8.37. The molecule has 2 heterocycles. The molecule has 1 aliphatic heterocycles. The van der Waals surface area contributed by atoms with Crippen LogP contribution in [0.15, 0.2) is 54.9 Å². The van der Waals surface area contributed by atoms with E-state index in [1.165, 1.54) is 6.07 Å². The topological polar surface area (TPSA) is 116 Å². The van der Waals surface area contributed by atoms with Gasteiger partial charge in [0.25, 0.3) is 0 Å². The monoisotopic (exact) mass is 494 g/mol. The van der Waals surface area contributed by atoms with Crippen LogP contribution in [0.4, 0.5) is 11.6 Å². The summed E-state index contributed by atoms with van der Waals surface area (Å²) in [6, 6.07) is 12.7. The smallest absolute Gasteiger partial charge is 0.335 e. The van der Waals surface area contributed by atoms with E-state index in [9.17, 15) is 9.59 Å². The van der Waals surface area contributed by atoms with Crippen LogP contribution in [0.1, 0.15) is 15.9 Å². The van der Waals surface area contributed by atoms with Crippen LogP contribution in [0.5, 0.6) is 0 Å². The summed E-state index contributed by atoms with van der Waals surface area (Å²) >= 11 is 6.33. The Hall–Kier alpha value is -3.69. The standard InChI is InChI=1S/C25H27ClN6O3/c1-30(23(33)13-27)16-17-3-2-4-18(11-17)20-14-28-25(29-15-20)32-9-7-31(8-10-32)22-6-5-19(24(34)35)12-21(22)26/h2-6,11-12,14-15H,7-10,13,16,27H2,1H3,(H,34,35). The predicted molar refractivity (Wildman–Crippen MR) is 136 cm³/mol. The Morgan fingerprint density at radius 1 is 1.03 bits per heavy atom. The molecule has 10 heteroatoms.